The van der Waals surface area contributed by atoms with Gasteiger partial charge in [0.25, 0.3) is 6.43 Å². The minimum Gasteiger partial charge on any atom is -0.398 e. The van der Waals surface area contributed by atoms with Crippen LogP contribution in [0.3, 0.4) is 0 Å². The van der Waals surface area contributed by atoms with Gasteiger partial charge in [0.1, 0.15) is 11.4 Å². The smallest absolute Gasteiger partial charge is 0.398 e. The molecule has 0 saturated heterocycles. The van der Waals surface area contributed by atoms with Crippen LogP contribution < -0.4 is 4.74 Å². The second kappa shape index (κ2) is 5.30. The molecule has 1 rings (SSSR count). The predicted octanol–water partition coefficient (Wildman–Crippen LogP) is 2.32. The van der Waals surface area contributed by atoms with Crippen LogP contribution in [0, 0.1) is 10.1 Å². The number of nitrogens with zero attached hydrogens (tertiary/aromatic N) is 2. The van der Waals surface area contributed by atoms with Gasteiger partial charge in [0.05, 0.1) is 11.5 Å². The number of aromatic nitrogens is 1. The van der Waals surface area contributed by atoms with E-state index in [1.165, 1.54) is 0 Å². The number of halogens is 5. The number of aliphatic hydroxyl groups is 1. The van der Waals surface area contributed by atoms with Crippen LogP contribution in [0.1, 0.15) is 17.8 Å². The fourth-order valence-corrected chi connectivity index (χ4v) is 1.21. The molecule has 0 aliphatic heterocycles. The maximum Gasteiger partial charge on any atom is 0.573 e. The van der Waals surface area contributed by atoms with Crippen molar-refractivity contribution in [2.45, 2.75) is 19.4 Å². The van der Waals surface area contributed by atoms with E-state index < -0.39 is 47.1 Å². The van der Waals surface area contributed by atoms with Gasteiger partial charge in [-0.3, -0.25) is 10.1 Å². The summed E-state index contributed by atoms with van der Waals surface area (Å²) in [5.41, 5.74) is -3.43. The van der Waals surface area contributed by atoms with E-state index in [9.17, 15) is 32.1 Å². The predicted molar refractivity (Wildman–Crippen MR) is 48.5 cm³/mol. The van der Waals surface area contributed by atoms with E-state index in [4.69, 9.17) is 5.11 Å². The van der Waals surface area contributed by atoms with Crippen molar-refractivity contribution >= 4 is 5.69 Å². The number of hydrogen-bond donors (Lipinski definition) is 1. The van der Waals surface area contributed by atoms with Crippen molar-refractivity contribution in [2.24, 2.45) is 0 Å². The molecule has 0 amide bonds. The highest BCUT2D eigenvalue weighted by molar-refractivity contribution is 5.51. The third-order valence-electron chi connectivity index (χ3n) is 1.83. The van der Waals surface area contributed by atoms with E-state index in [1.807, 2.05) is 0 Å². The fraction of sp³-hybridized carbons (Fsp3) is 0.375. The Morgan fingerprint density at radius 1 is 1.47 bits per heavy atom. The maximum atomic E-state index is 12.4. The van der Waals surface area contributed by atoms with E-state index in [0.717, 1.165) is 0 Å². The molecule has 1 heterocycles. The van der Waals surface area contributed by atoms with Gasteiger partial charge >= 0.3 is 12.0 Å². The summed E-state index contributed by atoms with van der Waals surface area (Å²) in [5, 5.41) is 19.3. The SMILES string of the molecule is O=[N+]([O-])c1c(OC(F)(F)F)cc(C(F)F)nc1CO. The van der Waals surface area contributed by atoms with Crippen molar-refractivity contribution in [1.29, 1.82) is 0 Å². The standard InChI is InChI=1S/C8H5F5N2O4/c9-7(10)3-1-5(19-8(11,12)13)6(15(17)18)4(2-16)14-3/h1,7,16H,2H2. The van der Waals surface area contributed by atoms with Gasteiger partial charge < -0.3 is 9.84 Å². The molecule has 0 spiro atoms. The summed E-state index contributed by atoms with van der Waals surface area (Å²) >= 11 is 0. The molecule has 0 atom stereocenters. The highest BCUT2D eigenvalue weighted by atomic mass is 19.4. The molecule has 1 aromatic rings. The molecule has 0 fully saturated rings. The molecule has 0 aromatic carbocycles. The summed E-state index contributed by atoms with van der Waals surface area (Å²) in [6.07, 6.45) is -8.58. The highest BCUT2D eigenvalue weighted by Crippen LogP contribution is 2.36. The monoisotopic (exact) mass is 288 g/mol. The summed E-state index contributed by atoms with van der Waals surface area (Å²) < 4.78 is 64.2. The van der Waals surface area contributed by atoms with E-state index in [1.54, 1.807) is 0 Å². The molecule has 1 N–H and O–H groups in total. The summed E-state index contributed by atoms with van der Waals surface area (Å²) in [5.74, 6) is -1.45. The fourth-order valence-electron chi connectivity index (χ4n) is 1.21. The zero-order valence-corrected chi connectivity index (χ0v) is 8.82. The second-order valence-electron chi connectivity index (χ2n) is 3.10. The molecule has 0 saturated carbocycles. The van der Waals surface area contributed by atoms with Crippen LogP contribution in [0.4, 0.5) is 27.6 Å². The Kier molecular flexibility index (Phi) is 4.19. The van der Waals surface area contributed by atoms with Crippen LogP contribution in [0.5, 0.6) is 5.75 Å². The number of alkyl halides is 5. The summed E-state index contributed by atoms with van der Waals surface area (Å²) in [4.78, 5) is 12.3. The number of nitro groups is 1. The lowest BCUT2D eigenvalue weighted by atomic mass is 10.2. The van der Waals surface area contributed by atoms with Crippen molar-refractivity contribution in [1.82, 2.24) is 4.98 Å². The van der Waals surface area contributed by atoms with E-state index in [0.29, 0.717) is 0 Å². The topological polar surface area (TPSA) is 85.5 Å². The van der Waals surface area contributed by atoms with Gasteiger partial charge in [-0.2, -0.15) is 0 Å². The van der Waals surface area contributed by atoms with Crippen molar-refractivity contribution in [2.75, 3.05) is 0 Å². The van der Waals surface area contributed by atoms with Gasteiger partial charge in [0.2, 0.25) is 5.75 Å². The zero-order chi connectivity index (χ0) is 14.8. The Morgan fingerprint density at radius 2 is 2.05 bits per heavy atom. The Morgan fingerprint density at radius 3 is 2.42 bits per heavy atom. The van der Waals surface area contributed by atoms with Crippen molar-refractivity contribution in [3.05, 3.63) is 27.6 Å². The van der Waals surface area contributed by atoms with Crippen LogP contribution in [-0.2, 0) is 6.61 Å². The molecule has 0 bridgehead atoms. The molecule has 0 unspecified atom stereocenters. The molecule has 0 radical (unpaired) electrons. The van der Waals surface area contributed by atoms with Crippen LogP contribution in [0.15, 0.2) is 6.07 Å². The Hall–Kier alpha value is -2.04. The van der Waals surface area contributed by atoms with Crippen molar-refractivity contribution in [3.8, 4) is 5.75 Å². The van der Waals surface area contributed by atoms with Gasteiger partial charge in [0, 0.05) is 6.07 Å². The molecular weight excluding hydrogens is 283 g/mol. The van der Waals surface area contributed by atoms with Crippen molar-refractivity contribution < 1.29 is 36.7 Å². The molecule has 11 heteroatoms. The van der Waals surface area contributed by atoms with Gasteiger partial charge in [0.15, 0.2) is 0 Å². The van der Waals surface area contributed by atoms with Gasteiger partial charge in [-0.15, -0.1) is 13.2 Å². The molecule has 19 heavy (non-hydrogen) atoms. The average Bonchev–Trinajstić information content (AvgIpc) is 2.24. The number of ether oxygens (including phenoxy) is 1. The third-order valence-corrected chi connectivity index (χ3v) is 1.83. The average molecular weight is 288 g/mol. The van der Waals surface area contributed by atoms with Crippen LogP contribution in [0.2, 0.25) is 0 Å². The molecule has 1 aromatic heterocycles. The van der Waals surface area contributed by atoms with Crippen LogP contribution in [0.25, 0.3) is 0 Å². The first kappa shape index (κ1) is 15.0. The largest absolute Gasteiger partial charge is 0.573 e. The molecular formula is C8H5F5N2O4. The van der Waals surface area contributed by atoms with E-state index >= 15 is 0 Å². The number of pyridine rings is 1. The Balaban J connectivity index is 3.45. The zero-order valence-electron chi connectivity index (χ0n) is 8.82. The quantitative estimate of drug-likeness (QED) is 0.522. The van der Waals surface area contributed by atoms with Crippen LogP contribution in [-0.4, -0.2) is 21.4 Å². The lowest BCUT2D eigenvalue weighted by molar-refractivity contribution is -0.390. The lowest BCUT2D eigenvalue weighted by Crippen LogP contribution is -2.19. The number of rotatable bonds is 4. The van der Waals surface area contributed by atoms with Gasteiger partial charge in [-0.1, -0.05) is 0 Å². The molecule has 0 aliphatic carbocycles. The summed E-state index contributed by atoms with van der Waals surface area (Å²) in [6.45, 7) is -1.19. The normalized spacial score (nSPS) is 11.7. The lowest BCUT2D eigenvalue weighted by Gasteiger charge is -2.12. The first-order valence-electron chi connectivity index (χ1n) is 4.48. The van der Waals surface area contributed by atoms with E-state index in [2.05, 4.69) is 9.72 Å². The minimum absolute atomic E-state index is 0.107. The third kappa shape index (κ3) is 3.71. The Labute approximate surface area is 101 Å². The first-order valence-corrected chi connectivity index (χ1v) is 4.48. The van der Waals surface area contributed by atoms with E-state index in [-0.39, 0.29) is 6.07 Å². The van der Waals surface area contributed by atoms with Gasteiger partial charge in [-0.25, -0.2) is 13.8 Å². The van der Waals surface area contributed by atoms with Crippen LogP contribution >= 0.6 is 0 Å². The summed E-state index contributed by atoms with van der Waals surface area (Å²) in [6, 6.07) is 0.107. The molecule has 0 aliphatic rings. The number of aliphatic hydroxyl groups excluding tert-OH is 1. The molecule has 6 nitrogen and oxygen atoms in total. The first-order chi connectivity index (χ1) is 8.65. The van der Waals surface area contributed by atoms with Crippen molar-refractivity contribution in [3.63, 3.8) is 0 Å². The summed E-state index contributed by atoms with van der Waals surface area (Å²) in [7, 11) is 0. The minimum atomic E-state index is -5.31. The maximum absolute atomic E-state index is 12.4. The number of hydrogen-bond acceptors (Lipinski definition) is 5. The highest BCUT2D eigenvalue weighted by Gasteiger charge is 2.37. The second-order valence-corrected chi connectivity index (χ2v) is 3.10. The molecule has 106 valence electrons. The Bertz CT molecular complexity index is 491. The van der Waals surface area contributed by atoms with Gasteiger partial charge in [-0.05, 0) is 0 Å².